The van der Waals surface area contributed by atoms with Gasteiger partial charge in [0, 0.05) is 22.2 Å². The van der Waals surface area contributed by atoms with Gasteiger partial charge in [-0.05, 0) is 44.2 Å². The van der Waals surface area contributed by atoms with Crippen LogP contribution in [0.3, 0.4) is 0 Å². The molecule has 8 heteroatoms. The van der Waals surface area contributed by atoms with Gasteiger partial charge in [-0.3, -0.25) is 4.79 Å². The van der Waals surface area contributed by atoms with Crippen molar-refractivity contribution in [3.8, 4) is 17.2 Å². The maximum atomic E-state index is 12.8. The first-order valence-electron chi connectivity index (χ1n) is 9.41. The fraction of sp³-hybridized carbons (Fsp3) is 0.273. The monoisotopic (exact) mass is 430 g/mol. The molecule has 156 valence electrons. The highest BCUT2D eigenvalue weighted by atomic mass is 35.5. The van der Waals surface area contributed by atoms with E-state index in [1.165, 1.54) is 0 Å². The standard InChI is InChI=1S/C22H19ClO7/c1-3-27-22(25)12(2)29-16-4-5-17-18(9-16)30-19(20(17)24)8-13-6-15(23)7-14-10-26-11-28-21(13)14/h4-9,12H,3,10-11H2,1-2H3/b19-8-/t12-/m1/s1. The summed E-state index contributed by atoms with van der Waals surface area (Å²) in [5, 5.41) is 0.501. The minimum absolute atomic E-state index is 0.124. The molecule has 0 amide bonds. The number of Topliss-reactive ketones (excluding diaryl/α,β-unsaturated/α-hetero) is 1. The Bertz CT molecular complexity index is 1040. The van der Waals surface area contributed by atoms with E-state index in [2.05, 4.69) is 0 Å². The predicted octanol–water partition coefficient (Wildman–Crippen LogP) is 4.15. The maximum Gasteiger partial charge on any atom is 0.347 e. The Morgan fingerprint density at radius 1 is 1.30 bits per heavy atom. The van der Waals surface area contributed by atoms with Crippen molar-refractivity contribution in [3.63, 3.8) is 0 Å². The van der Waals surface area contributed by atoms with E-state index in [0.717, 1.165) is 5.56 Å². The van der Waals surface area contributed by atoms with Crippen LogP contribution in [-0.4, -0.2) is 31.3 Å². The van der Waals surface area contributed by atoms with Gasteiger partial charge in [0.25, 0.3) is 0 Å². The Balaban J connectivity index is 1.59. The largest absolute Gasteiger partial charge is 0.479 e. The van der Waals surface area contributed by atoms with Crippen molar-refractivity contribution in [2.24, 2.45) is 0 Å². The van der Waals surface area contributed by atoms with E-state index in [0.29, 0.717) is 40.0 Å². The second kappa shape index (κ2) is 8.38. The summed E-state index contributed by atoms with van der Waals surface area (Å²) in [5.41, 5.74) is 1.83. The van der Waals surface area contributed by atoms with E-state index in [1.807, 2.05) is 0 Å². The average molecular weight is 431 g/mol. The molecule has 0 saturated carbocycles. The molecule has 2 aromatic rings. The van der Waals surface area contributed by atoms with Crippen molar-refractivity contribution in [1.29, 1.82) is 0 Å². The molecule has 0 bridgehead atoms. The first-order valence-corrected chi connectivity index (χ1v) is 9.78. The number of carbonyl (C=O) groups is 2. The number of halogens is 1. The van der Waals surface area contributed by atoms with Crippen molar-refractivity contribution in [1.82, 2.24) is 0 Å². The number of benzene rings is 2. The minimum atomic E-state index is -0.785. The molecule has 0 spiro atoms. The van der Waals surface area contributed by atoms with Gasteiger partial charge in [-0.2, -0.15) is 0 Å². The molecule has 0 fully saturated rings. The molecule has 0 aromatic heterocycles. The minimum Gasteiger partial charge on any atom is -0.479 e. The number of hydrogen-bond donors (Lipinski definition) is 0. The number of fused-ring (bicyclic) bond motifs is 2. The lowest BCUT2D eigenvalue weighted by molar-refractivity contribution is -0.150. The third-order valence-corrected chi connectivity index (χ3v) is 4.78. The molecule has 4 rings (SSSR count). The van der Waals surface area contributed by atoms with Crippen LogP contribution in [0, 0.1) is 0 Å². The molecule has 1 atom stereocenters. The molecule has 0 radical (unpaired) electrons. The highest BCUT2D eigenvalue weighted by Gasteiger charge is 2.29. The lowest BCUT2D eigenvalue weighted by Gasteiger charge is -2.20. The Hall–Kier alpha value is -3.03. The molecule has 2 aliphatic rings. The summed E-state index contributed by atoms with van der Waals surface area (Å²) in [4.78, 5) is 24.5. The molecule has 0 saturated heterocycles. The highest BCUT2D eigenvalue weighted by molar-refractivity contribution is 6.31. The van der Waals surface area contributed by atoms with Gasteiger partial charge in [-0.15, -0.1) is 0 Å². The number of rotatable bonds is 5. The third kappa shape index (κ3) is 3.99. The summed E-state index contributed by atoms with van der Waals surface area (Å²) in [6, 6.07) is 8.25. The first-order chi connectivity index (χ1) is 14.5. The first kappa shape index (κ1) is 20.3. The third-order valence-electron chi connectivity index (χ3n) is 4.56. The van der Waals surface area contributed by atoms with Gasteiger partial charge in [0.2, 0.25) is 5.78 Å². The number of allylic oxidation sites excluding steroid dienone is 1. The van der Waals surface area contributed by atoms with Gasteiger partial charge >= 0.3 is 5.97 Å². The van der Waals surface area contributed by atoms with E-state index in [-0.39, 0.29) is 24.9 Å². The fourth-order valence-corrected chi connectivity index (χ4v) is 3.46. The van der Waals surface area contributed by atoms with Crippen LogP contribution in [0.1, 0.15) is 35.3 Å². The SMILES string of the molecule is CCOC(=O)[C@@H](C)Oc1ccc2c(c1)O/C(=C\c1cc(Cl)cc3c1OCOC3)C2=O. The lowest BCUT2D eigenvalue weighted by Crippen LogP contribution is -2.26. The van der Waals surface area contributed by atoms with Crippen LogP contribution in [0.4, 0.5) is 0 Å². The summed E-state index contributed by atoms with van der Waals surface area (Å²) in [6.07, 6.45) is 0.813. The highest BCUT2D eigenvalue weighted by Crippen LogP contribution is 2.38. The van der Waals surface area contributed by atoms with Crippen molar-refractivity contribution in [3.05, 3.63) is 57.8 Å². The molecule has 30 heavy (non-hydrogen) atoms. The zero-order valence-electron chi connectivity index (χ0n) is 16.4. The quantitative estimate of drug-likeness (QED) is 0.520. The Morgan fingerprint density at radius 3 is 2.93 bits per heavy atom. The van der Waals surface area contributed by atoms with Crippen LogP contribution >= 0.6 is 11.6 Å². The molecule has 0 N–H and O–H groups in total. The van der Waals surface area contributed by atoms with Crippen LogP contribution in [0.15, 0.2) is 36.1 Å². The number of esters is 1. The smallest absolute Gasteiger partial charge is 0.347 e. The van der Waals surface area contributed by atoms with Gasteiger partial charge in [0.1, 0.15) is 17.2 Å². The molecule has 2 aromatic carbocycles. The number of ketones is 1. The van der Waals surface area contributed by atoms with Crippen LogP contribution in [-0.2, 0) is 20.9 Å². The van der Waals surface area contributed by atoms with Crippen LogP contribution in [0.2, 0.25) is 5.02 Å². The second-order valence-electron chi connectivity index (χ2n) is 6.70. The number of hydrogen-bond acceptors (Lipinski definition) is 7. The lowest BCUT2D eigenvalue weighted by atomic mass is 10.1. The van der Waals surface area contributed by atoms with E-state index in [9.17, 15) is 9.59 Å². The van der Waals surface area contributed by atoms with Crippen molar-refractivity contribution >= 4 is 29.4 Å². The summed E-state index contributed by atoms with van der Waals surface area (Å²) >= 11 is 6.19. The molecule has 2 heterocycles. The molecule has 7 nitrogen and oxygen atoms in total. The van der Waals surface area contributed by atoms with E-state index < -0.39 is 12.1 Å². The predicted molar refractivity (Wildman–Crippen MR) is 108 cm³/mol. The van der Waals surface area contributed by atoms with Crippen LogP contribution in [0.5, 0.6) is 17.2 Å². The van der Waals surface area contributed by atoms with Gasteiger partial charge in [-0.25, -0.2) is 4.79 Å². The van der Waals surface area contributed by atoms with Crippen molar-refractivity contribution < 1.29 is 33.3 Å². The number of carbonyl (C=O) groups excluding carboxylic acids is 2. The summed E-state index contributed by atoms with van der Waals surface area (Å²) in [6.45, 7) is 4.09. The number of ether oxygens (including phenoxy) is 5. The van der Waals surface area contributed by atoms with Crippen molar-refractivity contribution in [2.45, 2.75) is 26.6 Å². The molecule has 2 aliphatic heterocycles. The molecule has 0 aliphatic carbocycles. The van der Waals surface area contributed by atoms with Gasteiger partial charge in [0.15, 0.2) is 18.7 Å². The normalized spacial score (nSPS) is 16.9. The summed E-state index contributed by atoms with van der Waals surface area (Å²) in [5.74, 6) is 0.753. The van der Waals surface area contributed by atoms with Gasteiger partial charge in [0.05, 0.1) is 18.8 Å². The molecule has 0 unspecified atom stereocenters. The Labute approximate surface area is 178 Å². The fourth-order valence-electron chi connectivity index (χ4n) is 3.21. The van der Waals surface area contributed by atoms with E-state index >= 15 is 0 Å². The molecular weight excluding hydrogens is 412 g/mol. The molecular formula is C22H19ClO7. The Kier molecular flexibility index (Phi) is 5.65. The van der Waals surface area contributed by atoms with E-state index in [1.54, 1.807) is 50.3 Å². The van der Waals surface area contributed by atoms with Crippen molar-refractivity contribution in [2.75, 3.05) is 13.4 Å². The maximum absolute atomic E-state index is 12.8. The zero-order chi connectivity index (χ0) is 21.3. The van der Waals surface area contributed by atoms with E-state index in [4.69, 9.17) is 35.3 Å². The van der Waals surface area contributed by atoms with Gasteiger partial charge < -0.3 is 23.7 Å². The zero-order valence-corrected chi connectivity index (χ0v) is 17.2. The summed E-state index contributed by atoms with van der Waals surface area (Å²) < 4.78 is 27.2. The van der Waals surface area contributed by atoms with Crippen LogP contribution < -0.4 is 14.2 Å². The average Bonchev–Trinajstić information content (AvgIpc) is 3.02. The summed E-state index contributed by atoms with van der Waals surface area (Å²) in [7, 11) is 0. The second-order valence-corrected chi connectivity index (χ2v) is 7.14. The van der Waals surface area contributed by atoms with Crippen LogP contribution in [0.25, 0.3) is 6.08 Å². The topological polar surface area (TPSA) is 80.3 Å². The Morgan fingerprint density at radius 2 is 2.13 bits per heavy atom. The van der Waals surface area contributed by atoms with Gasteiger partial charge in [-0.1, -0.05) is 11.6 Å².